The molecule has 0 aliphatic rings. The van der Waals surface area contributed by atoms with E-state index in [9.17, 15) is 5.26 Å². The SMILES string of the molecule is COc1ccc(Br)cc1/C=N/Nc1oc(-c2ccccc2)nc1C#N. The molecule has 0 aliphatic carbocycles. The van der Waals surface area contributed by atoms with Gasteiger partial charge in [-0.15, -0.1) is 0 Å². The molecule has 1 heterocycles. The smallest absolute Gasteiger partial charge is 0.252 e. The fraction of sp³-hybridized carbons (Fsp3) is 0.0556. The van der Waals surface area contributed by atoms with Crippen LogP contribution in [0.2, 0.25) is 0 Å². The van der Waals surface area contributed by atoms with E-state index in [0.717, 1.165) is 15.6 Å². The third kappa shape index (κ3) is 3.87. The maximum Gasteiger partial charge on any atom is 0.252 e. The zero-order valence-corrected chi connectivity index (χ0v) is 14.8. The highest BCUT2D eigenvalue weighted by Crippen LogP contribution is 2.25. The van der Waals surface area contributed by atoms with E-state index in [2.05, 4.69) is 31.4 Å². The summed E-state index contributed by atoms with van der Waals surface area (Å²) >= 11 is 3.41. The minimum Gasteiger partial charge on any atom is -0.496 e. The third-order valence-corrected chi connectivity index (χ3v) is 3.81. The van der Waals surface area contributed by atoms with Gasteiger partial charge >= 0.3 is 0 Å². The van der Waals surface area contributed by atoms with Gasteiger partial charge in [0.25, 0.3) is 5.88 Å². The van der Waals surface area contributed by atoms with Gasteiger partial charge in [0, 0.05) is 15.6 Å². The van der Waals surface area contributed by atoms with Crippen molar-refractivity contribution in [3.05, 3.63) is 64.3 Å². The molecule has 0 bridgehead atoms. The molecule has 1 N–H and O–H groups in total. The molecule has 7 heteroatoms. The fourth-order valence-electron chi connectivity index (χ4n) is 2.14. The Hall–Kier alpha value is -3.11. The number of nitrogens with one attached hydrogen (secondary N) is 1. The number of hydrogen-bond donors (Lipinski definition) is 1. The maximum absolute atomic E-state index is 9.22. The van der Waals surface area contributed by atoms with Crippen LogP contribution < -0.4 is 10.2 Å². The number of hydrazone groups is 1. The first-order valence-corrected chi connectivity index (χ1v) is 8.09. The van der Waals surface area contributed by atoms with Gasteiger partial charge in [0.05, 0.1) is 13.3 Å². The molecule has 25 heavy (non-hydrogen) atoms. The minimum absolute atomic E-state index is 0.136. The summed E-state index contributed by atoms with van der Waals surface area (Å²) in [5.41, 5.74) is 4.41. The van der Waals surface area contributed by atoms with E-state index in [1.54, 1.807) is 13.3 Å². The van der Waals surface area contributed by atoms with Crippen LogP contribution in [0.5, 0.6) is 5.75 Å². The van der Waals surface area contributed by atoms with Gasteiger partial charge < -0.3 is 9.15 Å². The van der Waals surface area contributed by atoms with Crippen LogP contribution in [-0.4, -0.2) is 18.3 Å². The van der Waals surface area contributed by atoms with Crippen LogP contribution in [0.3, 0.4) is 0 Å². The molecular weight excluding hydrogens is 384 g/mol. The van der Waals surface area contributed by atoms with Crippen molar-refractivity contribution in [2.75, 3.05) is 12.5 Å². The zero-order chi connectivity index (χ0) is 17.6. The Morgan fingerprint density at radius 1 is 1.28 bits per heavy atom. The molecule has 1 aromatic heterocycles. The highest BCUT2D eigenvalue weighted by Gasteiger charge is 2.13. The van der Waals surface area contributed by atoms with Crippen LogP contribution in [0.15, 0.2) is 62.5 Å². The molecule has 2 aromatic carbocycles. The summed E-state index contributed by atoms with van der Waals surface area (Å²) in [5, 5.41) is 13.3. The molecule has 0 fully saturated rings. The normalized spacial score (nSPS) is 10.6. The third-order valence-electron chi connectivity index (χ3n) is 3.32. The van der Waals surface area contributed by atoms with Gasteiger partial charge in [-0.1, -0.05) is 34.1 Å². The number of anilines is 1. The molecule has 0 saturated heterocycles. The van der Waals surface area contributed by atoms with Crippen molar-refractivity contribution < 1.29 is 9.15 Å². The number of nitriles is 1. The second-order valence-corrected chi connectivity index (χ2v) is 5.85. The monoisotopic (exact) mass is 396 g/mol. The largest absolute Gasteiger partial charge is 0.496 e. The van der Waals surface area contributed by atoms with Gasteiger partial charge in [-0.05, 0) is 30.3 Å². The molecule has 124 valence electrons. The zero-order valence-electron chi connectivity index (χ0n) is 13.2. The van der Waals surface area contributed by atoms with Crippen LogP contribution in [-0.2, 0) is 0 Å². The van der Waals surface area contributed by atoms with Gasteiger partial charge in [-0.25, -0.2) is 5.43 Å². The summed E-state index contributed by atoms with van der Waals surface area (Å²) in [6.45, 7) is 0. The molecule has 0 atom stereocenters. The lowest BCUT2D eigenvalue weighted by atomic mass is 10.2. The number of hydrogen-bond acceptors (Lipinski definition) is 6. The highest BCUT2D eigenvalue weighted by atomic mass is 79.9. The van der Waals surface area contributed by atoms with Crippen molar-refractivity contribution in [3.8, 4) is 23.3 Å². The lowest BCUT2D eigenvalue weighted by molar-refractivity contribution is 0.414. The van der Waals surface area contributed by atoms with Crippen LogP contribution in [0.25, 0.3) is 11.5 Å². The second kappa shape index (κ2) is 7.64. The van der Waals surface area contributed by atoms with Crippen molar-refractivity contribution in [2.24, 2.45) is 5.10 Å². The van der Waals surface area contributed by atoms with Gasteiger partial charge in [0.2, 0.25) is 11.6 Å². The second-order valence-electron chi connectivity index (χ2n) is 4.93. The summed E-state index contributed by atoms with van der Waals surface area (Å²) in [7, 11) is 1.59. The van der Waals surface area contributed by atoms with E-state index in [4.69, 9.17) is 9.15 Å². The summed E-state index contributed by atoms with van der Waals surface area (Å²) in [6.07, 6.45) is 1.58. The predicted molar refractivity (Wildman–Crippen MR) is 98.6 cm³/mol. The van der Waals surface area contributed by atoms with Gasteiger partial charge in [0.15, 0.2) is 0 Å². The molecule has 0 spiro atoms. The number of ether oxygens (including phenoxy) is 1. The molecule has 0 amide bonds. The molecule has 6 nitrogen and oxygen atoms in total. The summed E-state index contributed by atoms with van der Waals surface area (Å²) in [4.78, 5) is 4.18. The minimum atomic E-state index is 0.136. The average molecular weight is 397 g/mol. The Morgan fingerprint density at radius 3 is 2.80 bits per heavy atom. The van der Waals surface area contributed by atoms with Crippen molar-refractivity contribution >= 4 is 28.0 Å². The number of aromatic nitrogens is 1. The Morgan fingerprint density at radius 2 is 2.08 bits per heavy atom. The van der Waals surface area contributed by atoms with Crippen LogP contribution >= 0.6 is 15.9 Å². The van der Waals surface area contributed by atoms with Crippen LogP contribution in [0.1, 0.15) is 11.3 Å². The van der Waals surface area contributed by atoms with Gasteiger partial charge in [0.1, 0.15) is 11.8 Å². The van der Waals surface area contributed by atoms with Gasteiger partial charge in [-0.3, -0.25) is 0 Å². The Labute approximate surface area is 152 Å². The molecule has 0 unspecified atom stereocenters. The van der Waals surface area contributed by atoms with E-state index in [-0.39, 0.29) is 11.6 Å². The topological polar surface area (TPSA) is 83.4 Å². The number of oxazole rings is 1. The van der Waals surface area contributed by atoms with E-state index in [1.165, 1.54) is 0 Å². The van der Waals surface area contributed by atoms with E-state index >= 15 is 0 Å². The molecule has 0 aliphatic heterocycles. The van der Waals surface area contributed by atoms with E-state index < -0.39 is 0 Å². The molecule has 3 rings (SSSR count). The summed E-state index contributed by atoms with van der Waals surface area (Å²) in [6, 6.07) is 16.9. The quantitative estimate of drug-likeness (QED) is 0.509. The number of halogens is 1. The Kier molecular flexibility index (Phi) is 5.11. The summed E-state index contributed by atoms with van der Waals surface area (Å²) < 4.78 is 11.8. The molecule has 3 aromatic rings. The first kappa shape index (κ1) is 16.7. The molecule has 0 saturated carbocycles. The van der Waals surface area contributed by atoms with Crippen molar-refractivity contribution in [2.45, 2.75) is 0 Å². The summed E-state index contributed by atoms with van der Waals surface area (Å²) in [5.74, 6) is 1.22. The molecular formula is C18H13BrN4O2. The maximum atomic E-state index is 9.22. The Balaban J connectivity index is 1.83. The number of nitrogens with zero attached hydrogens (tertiary/aromatic N) is 3. The Bertz CT molecular complexity index is 945. The lowest BCUT2D eigenvalue weighted by Crippen LogP contribution is -1.94. The lowest BCUT2D eigenvalue weighted by Gasteiger charge is -2.04. The predicted octanol–water partition coefficient (Wildman–Crippen LogP) is 4.43. The van der Waals surface area contributed by atoms with E-state index in [1.807, 2.05) is 54.6 Å². The standard InChI is InChI=1S/C18H13BrN4O2/c1-24-16-8-7-14(19)9-13(16)11-21-23-18-15(10-20)22-17(25-18)12-5-3-2-4-6-12/h2-9,11,23H,1H3/b21-11+. The molecule has 0 radical (unpaired) electrons. The highest BCUT2D eigenvalue weighted by molar-refractivity contribution is 9.10. The van der Waals surface area contributed by atoms with Crippen LogP contribution in [0.4, 0.5) is 5.88 Å². The number of rotatable bonds is 5. The van der Waals surface area contributed by atoms with Gasteiger partial charge in [-0.2, -0.15) is 15.3 Å². The first-order chi connectivity index (χ1) is 12.2. The first-order valence-electron chi connectivity index (χ1n) is 7.30. The van der Waals surface area contributed by atoms with Crippen molar-refractivity contribution in [1.82, 2.24) is 4.98 Å². The van der Waals surface area contributed by atoms with Crippen molar-refractivity contribution in [1.29, 1.82) is 5.26 Å². The van der Waals surface area contributed by atoms with Crippen LogP contribution in [0, 0.1) is 11.3 Å². The fourth-order valence-corrected chi connectivity index (χ4v) is 2.52. The average Bonchev–Trinajstić information content (AvgIpc) is 3.06. The number of methoxy groups -OCH3 is 1. The number of benzene rings is 2. The van der Waals surface area contributed by atoms with Crippen molar-refractivity contribution in [3.63, 3.8) is 0 Å². The van der Waals surface area contributed by atoms with E-state index in [0.29, 0.717) is 11.6 Å².